The highest BCUT2D eigenvalue weighted by Crippen LogP contribution is 2.21. The minimum Gasteiger partial charge on any atom is -0.479 e. The summed E-state index contributed by atoms with van der Waals surface area (Å²) in [6.07, 6.45) is 1.42. The van der Waals surface area contributed by atoms with E-state index in [1.807, 2.05) is 20.8 Å². The Morgan fingerprint density at radius 3 is 2.40 bits per heavy atom. The number of benzene rings is 1. The van der Waals surface area contributed by atoms with Gasteiger partial charge in [-0.3, -0.25) is 9.48 Å². The smallest absolute Gasteiger partial charge is 0.330 e. The van der Waals surface area contributed by atoms with E-state index in [1.54, 1.807) is 11.6 Å². The highest BCUT2D eigenvalue weighted by atomic mass is 19.1. The fourth-order valence-electron chi connectivity index (χ4n) is 2.65. The van der Waals surface area contributed by atoms with E-state index in [0.717, 1.165) is 0 Å². The second-order valence-electron chi connectivity index (χ2n) is 6.98. The standard InChI is InChI=1S/C18H22FN3O3/c1-10-8-12(6-7-14(10)19)15(17(24)25)21-16(23)13-9-20-22(11(13)2)18(3,4)5/h6-9,15H,1-5H3,(H,21,23)(H,24,25). The second kappa shape index (κ2) is 6.66. The van der Waals surface area contributed by atoms with Crippen LogP contribution in [-0.4, -0.2) is 26.8 Å². The second-order valence-corrected chi connectivity index (χ2v) is 6.98. The van der Waals surface area contributed by atoms with Crippen molar-refractivity contribution in [2.24, 2.45) is 0 Å². The van der Waals surface area contributed by atoms with Gasteiger partial charge in [0.15, 0.2) is 6.04 Å². The van der Waals surface area contributed by atoms with E-state index in [0.29, 0.717) is 22.4 Å². The molecule has 0 aliphatic heterocycles. The quantitative estimate of drug-likeness (QED) is 0.890. The van der Waals surface area contributed by atoms with Crippen LogP contribution in [-0.2, 0) is 10.3 Å². The molecule has 0 saturated carbocycles. The van der Waals surface area contributed by atoms with Crippen molar-refractivity contribution in [3.8, 4) is 0 Å². The van der Waals surface area contributed by atoms with Crippen LogP contribution in [0.1, 0.15) is 54.0 Å². The molecule has 1 unspecified atom stereocenters. The lowest BCUT2D eigenvalue weighted by Gasteiger charge is -2.21. The number of aryl methyl sites for hydroxylation is 1. The number of halogens is 1. The van der Waals surface area contributed by atoms with E-state index < -0.39 is 23.7 Å². The van der Waals surface area contributed by atoms with Crippen LogP contribution in [0.25, 0.3) is 0 Å². The molecule has 0 saturated heterocycles. The summed E-state index contributed by atoms with van der Waals surface area (Å²) in [5, 5.41) is 16.2. The monoisotopic (exact) mass is 347 g/mol. The molecular formula is C18H22FN3O3. The normalized spacial score (nSPS) is 12.7. The first kappa shape index (κ1) is 18.6. The fourth-order valence-corrected chi connectivity index (χ4v) is 2.65. The summed E-state index contributed by atoms with van der Waals surface area (Å²) < 4.78 is 15.1. The molecule has 0 aliphatic rings. The number of carboxylic acid groups (broad SMARTS) is 1. The van der Waals surface area contributed by atoms with Crippen LogP contribution in [0.3, 0.4) is 0 Å². The third kappa shape index (κ3) is 3.87. The van der Waals surface area contributed by atoms with Gasteiger partial charge < -0.3 is 10.4 Å². The summed E-state index contributed by atoms with van der Waals surface area (Å²) in [7, 11) is 0. The van der Waals surface area contributed by atoms with E-state index in [-0.39, 0.29) is 5.54 Å². The summed E-state index contributed by atoms with van der Waals surface area (Å²) in [6, 6.07) is 2.69. The minimum absolute atomic E-state index is 0.303. The Balaban J connectivity index is 2.31. The Kier molecular flexibility index (Phi) is 4.97. The molecule has 7 heteroatoms. The van der Waals surface area contributed by atoms with Gasteiger partial charge in [0.2, 0.25) is 0 Å². The lowest BCUT2D eigenvalue weighted by atomic mass is 10.0. The number of aromatic nitrogens is 2. The first-order valence-electron chi connectivity index (χ1n) is 7.87. The number of hydrogen-bond acceptors (Lipinski definition) is 3. The minimum atomic E-state index is -1.27. The lowest BCUT2D eigenvalue weighted by molar-refractivity contribution is -0.139. The van der Waals surface area contributed by atoms with Crippen LogP contribution < -0.4 is 5.32 Å². The van der Waals surface area contributed by atoms with Crippen LogP contribution in [0.2, 0.25) is 0 Å². The number of amides is 1. The van der Waals surface area contributed by atoms with Gasteiger partial charge in [-0.05, 0) is 51.8 Å². The van der Waals surface area contributed by atoms with Gasteiger partial charge in [0, 0.05) is 5.69 Å². The molecule has 1 atom stereocenters. The first-order valence-corrected chi connectivity index (χ1v) is 7.87. The van der Waals surface area contributed by atoms with Gasteiger partial charge in [0.05, 0.1) is 17.3 Å². The Morgan fingerprint density at radius 1 is 1.28 bits per heavy atom. The Bertz CT molecular complexity index is 821. The average molecular weight is 347 g/mol. The van der Waals surface area contributed by atoms with Crippen molar-refractivity contribution in [2.75, 3.05) is 0 Å². The number of nitrogens with zero attached hydrogens (tertiary/aromatic N) is 2. The van der Waals surface area contributed by atoms with E-state index >= 15 is 0 Å². The summed E-state index contributed by atoms with van der Waals surface area (Å²) in [5.74, 6) is -2.19. The molecule has 0 aliphatic carbocycles. The van der Waals surface area contributed by atoms with Crippen molar-refractivity contribution in [3.05, 3.63) is 52.6 Å². The number of hydrogen-bond donors (Lipinski definition) is 2. The van der Waals surface area contributed by atoms with E-state index in [9.17, 15) is 19.1 Å². The maximum absolute atomic E-state index is 13.4. The molecule has 2 N–H and O–H groups in total. The average Bonchev–Trinajstić information content (AvgIpc) is 2.89. The highest BCUT2D eigenvalue weighted by Gasteiger charge is 2.26. The summed E-state index contributed by atoms with van der Waals surface area (Å²) in [5.41, 5.74) is 1.27. The zero-order valence-corrected chi connectivity index (χ0v) is 14.9. The van der Waals surface area contributed by atoms with Crippen LogP contribution in [0, 0.1) is 19.7 Å². The molecule has 0 bridgehead atoms. The summed E-state index contributed by atoms with van der Waals surface area (Å²) in [4.78, 5) is 24.1. The predicted molar refractivity (Wildman–Crippen MR) is 90.9 cm³/mol. The molecule has 1 aromatic carbocycles. The van der Waals surface area contributed by atoms with E-state index in [2.05, 4.69) is 10.4 Å². The number of nitrogens with one attached hydrogen (secondary N) is 1. The van der Waals surface area contributed by atoms with Gasteiger partial charge in [-0.25, -0.2) is 9.18 Å². The largest absolute Gasteiger partial charge is 0.479 e. The van der Waals surface area contributed by atoms with Crippen molar-refractivity contribution in [1.29, 1.82) is 0 Å². The lowest BCUT2D eigenvalue weighted by Crippen LogP contribution is -2.34. The molecule has 1 heterocycles. The third-order valence-corrected chi connectivity index (χ3v) is 3.93. The molecule has 0 fully saturated rings. The van der Waals surface area contributed by atoms with Gasteiger partial charge in [-0.15, -0.1) is 0 Å². The molecule has 25 heavy (non-hydrogen) atoms. The predicted octanol–water partition coefficient (Wildman–Crippen LogP) is 2.95. The number of carboxylic acids is 1. The molecule has 2 rings (SSSR count). The maximum atomic E-state index is 13.4. The highest BCUT2D eigenvalue weighted by molar-refractivity contribution is 5.97. The van der Waals surface area contributed by atoms with Crippen molar-refractivity contribution in [2.45, 2.75) is 46.2 Å². The van der Waals surface area contributed by atoms with Crippen molar-refractivity contribution >= 4 is 11.9 Å². The Labute approximate surface area is 145 Å². The molecule has 1 amide bonds. The van der Waals surface area contributed by atoms with Crippen molar-refractivity contribution < 1.29 is 19.1 Å². The molecule has 0 spiro atoms. The van der Waals surface area contributed by atoms with Gasteiger partial charge in [0.25, 0.3) is 5.91 Å². The number of aliphatic carboxylic acids is 1. The van der Waals surface area contributed by atoms with E-state index in [4.69, 9.17) is 0 Å². The zero-order valence-electron chi connectivity index (χ0n) is 14.9. The van der Waals surface area contributed by atoms with Crippen molar-refractivity contribution in [1.82, 2.24) is 15.1 Å². The maximum Gasteiger partial charge on any atom is 0.330 e. The fraction of sp³-hybridized carbons (Fsp3) is 0.389. The number of carbonyl (C=O) groups is 2. The molecule has 0 radical (unpaired) electrons. The van der Waals surface area contributed by atoms with Crippen LogP contribution in [0.5, 0.6) is 0 Å². The number of rotatable bonds is 4. The molecule has 1 aromatic heterocycles. The van der Waals surface area contributed by atoms with Crippen LogP contribution >= 0.6 is 0 Å². The summed E-state index contributed by atoms with van der Waals surface area (Å²) in [6.45, 7) is 9.16. The van der Waals surface area contributed by atoms with Crippen LogP contribution in [0.15, 0.2) is 24.4 Å². The Hall–Kier alpha value is -2.70. The third-order valence-electron chi connectivity index (χ3n) is 3.93. The van der Waals surface area contributed by atoms with Gasteiger partial charge in [-0.2, -0.15) is 5.10 Å². The Morgan fingerprint density at radius 2 is 1.92 bits per heavy atom. The van der Waals surface area contributed by atoms with E-state index in [1.165, 1.54) is 31.3 Å². The van der Waals surface area contributed by atoms with Crippen molar-refractivity contribution in [3.63, 3.8) is 0 Å². The zero-order chi connectivity index (χ0) is 18.9. The van der Waals surface area contributed by atoms with Gasteiger partial charge >= 0.3 is 5.97 Å². The topological polar surface area (TPSA) is 84.2 Å². The number of carbonyl (C=O) groups excluding carboxylic acids is 1. The van der Waals surface area contributed by atoms with Crippen LogP contribution in [0.4, 0.5) is 4.39 Å². The SMILES string of the molecule is Cc1cc(C(NC(=O)c2cnn(C(C)(C)C)c2C)C(=O)O)ccc1F. The molecular weight excluding hydrogens is 325 g/mol. The first-order chi connectivity index (χ1) is 11.5. The molecule has 6 nitrogen and oxygen atoms in total. The summed E-state index contributed by atoms with van der Waals surface area (Å²) >= 11 is 0. The molecule has 134 valence electrons. The molecule has 2 aromatic rings. The van der Waals surface area contributed by atoms with Gasteiger partial charge in [0.1, 0.15) is 5.82 Å². The van der Waals surface area contributed by atoms with Gasteiger partial charge in [-0.1, -0.05) is 12.1 Å².